The van der Waals surface area contributed by atoms with Gasteiger partial charge in [-0.15, -0.1) is 0 Å². The third-order valence-electron chi connectivity index (χ3n) is 4.98. The van der Waals surface area contributed by atoms with Gasteiger partial charge in [-0.05, 0) is 33.2 Å². The Bertz CT molecular complexity index is 510. The molecule has 0 aromatic heterocycles. The first-order valence-electron chi connectivity index (χ1n) is 10.2. The number of likely N-dealkylation sites (N-methyl/N-ethyl adjacent to an activating group) is 1. The molecule has 1 aliphatic rings. The Kier molecular flexibility index (Phi) is 36.3. The van der Waals surface area contributed by atoms with E-state index < -0.39 is 37.3 Å². The molecule has 0 saturated carbocycles. The zero-order chi connectivity index (χ0) is 21.8. The van der Waals surface area contributed by atoms with Crippen molar-refractivity contribution in [2.75, 3.05) is 26.8 Å². The molecule has 1 heterocycles. The second kappa shape index (κ2) is 26.8. The molecule has 10 nitrogen and oxygen atoms in total. The molecule has 6 atom stereocenters. The van der Waals surface area contributed by atoms with Gasteiger partial charge in [0, 0.05) is 196 Å². The first-order valence-corrected chi connectivity index (χ1v) is 10.2. The maximum absolute atomic E-state index is 12.0. The monoisotopic (exact) mass is 1330 g/mol. The van der Waals surface area contributed by atoms with Crippen molar-refractivity contribution >= 4 is 11.7 Å². The van der Waals surface area contributed by atoms with Gasteiger partial charge in [-0.1, -0.05) is 18.9 Å². The number of carbonyl (C=O) groups excluding carboxylic acids is 2. The largest absolute Gasteiger partial charge is 0.668 e. The molecule has 1 fully saturated rings. The summed E-state index contributed by atoms with van der Waals surface area (Å²) in [5.74, 6) is -0.0413. The molecule has 1 rings (SSSR count). The summed E-state index contributed by atoms with van der Waals surface area (Å²) in [6.45, 7) is 1.94. The molecule has 0 aromatic rings. The number of hydrogen-bond donors (Lipinski definition) is 5. The molecule has 4 radical (unpaired) electrons. The molecule has 0 aliphatic carbocycles. The van der Waals surface area contributed by atoms with Crippen molar-refractivity contribution in [2.24, 2.45) is 0 Å². The minimum atomic E-state index is -1.33. The Morgan fingerprint density at radius 1 is 1.06 bits per heavy atom. The van der Waals surface area contributed by atoms with Crippen LogP contribution in [0.3, 0.4) is 0 Å². The molecule has 1 aliphatic heterocycles. The van der Waals surface area contributed by atoms with Crippen LogP contribution in [0.5, 0.6) is 0 Å². The van der Waals surface area contributed by atoms with E-state index in [0.29, 0.717) is 26.0 Å². The van der Waals surface area contributed by atoms with Crippen molar-refractivity contribution in [2.45, 2.75) is 82.1 Å². The third-order valence-corrected chi connectivity index (χ3v) is 4.98. The SMILES string of the molecule is CNC(CCC(C)=O)C(=O)NCCCCCCOC1OC(CO)C(O)C(O)C1[NH-].[Ac].[Ac].[Ac].[Ac]. The van der Waals surface area contributed by atoms with E-state index in [9.17, 15) is 19.8 Å². The summed E-state index contributed by atoms with van der Waals surface area (Å²) in [4.78, 5) is 23.1. The van der Waals surface area contributed by atoms with E-state index >= 15 is 0 Å². The van der Waals surface area contributed by atoms with Gasteiger partial charge in [-0.2, -0.15) is 0 Å². The quantitative estimate of drug-likeness (QED) is 0.146. The second-order valence-electron chi connectivity index (χ2n) is 7.39. The van der Waals surface area contributed by atoms with Gasteiger partial charge in [0.1, 0.15) is 24.3 Å². The van der Waals surface area contributed by atoms with Crippen LogP contribution in [-0.2, 0) is 19.1 Å². The predicted octanol–water partition coefficient (Wildman–Crippen LogP) is -0.503. The molecule has 182 valence electrons. The van der Waals surface area contributed by atoms with Gasteiger partial charge in [0.25, 0.3) is 0 Å². The molecule has 1 amide bonds. The number of aliphatic hydroxyl groups is 3. The Morgan fingerprint density at radius 3 is 2.21 bits per heavy atom. The van der Waals surface area contributed by atoms with Gasteiger partial charge in [0.2, 0.25) is 5.91 Å². The van der Waals surface area contributed by atoms with Crippen molar-refractivity contribution in [3.63, 3.8) is 0 Å². The van der Waals surface area contributed by atoms with Crippen LogP contribution >= 0.6 is 0 Å². The third kappa shape index (κ3) is 18.6. The van der Waals surface area contributed by atoms with E-state index in [4.69, 9.17) is 20.3 Å². The summed E-state index contributed by atoms with van der Waals surface area (Å²) < 4.78 is 10.8. The van der Waals surface area contributed by atoms with Crippen molar-refractivity contribution in [3.05, 3.63) is 5.73 Å². The van der Waals surface area contributed by atoms with Crippen molar-refractivity contribution in [1.29, 1.82) is 0 Å². The molecular formula is C19H36Ac4N3O7-. The van der Waals surface area contributed by atoms with Gasteiger partial charge >= 0.3 is 0 Å². The summed E-state index contributed by atoms with van der Waals surface area (Å²) in [7, 11) is 1.70. The number of rotatable bonds is 14. The van der Waals surface area contributed by atoms with E-state index in [1.165, 1.54) is 6.92 Å². The van der Waals surface area contributed by atoms with Crippen LogP contribution in [-0.4, -0.2) is 90.5 Å². The van der Waals surface area contributed by atoms with Gasteiger partial charge in [0.15, 0.2) is 0 Å². The number of ether oxygens (including phenoxy) is 2. The molecule has 0 aromatic carbocycles. The average Bonchev–Trinajstić information content (AvgIpc) is 2.69. The fourth-order valence-electron chi connectivity index (χ4n) is 3.09. The number of ketones is 1. The van der Waals surface area contributed by atoms with Crippen LogP contribution in [0.1, 0.15) is 45.4 Å². The molecule has 0 spiro atoms. The molecule has 33 heavy (non-hydrogen) atoms. The fourth-order valence-corrected chi connectivity index (χ4v) is 3.09. The minimum absolute atomic E-state index is 0. The van der Waals surface area contributed by atoms with Crippen LogP contribution in [0.25, 0.3) is 5.73 Å². The number of carbonyl (C=O) groups is 2. The molecule has 6 unspecified atom stereocenters. The van der Waals surface area contributed by atoms with Gasteiger partial charge in [-0.3, -0.25) is 4.79 Å². The number of aliphatic hydroxyl groups excluding tert-OH is 3. The summed E-state index contributed by atoms with van der Waals surface area (Å²) in [5.41, 5.74) is 7.84. The molecule has 1 saturated heterocycles. The van der Waals surface area contributed by atoms with E-state index in [1.807, 2.05) is 0 Å². The Hall–Kier alpha value is 4.63. The van der Waals surface area contributed by atoms with Crippen molar-refractivity contribution < 1.29 is 211 Å². The van der Waals surface area contributed by atoms with Crippen molar-refractivity contribution in [1.82, 2.24) is 10.6 Å². The Labute approximate surface area is 340 Å². The van der Waals surface area contributed by atoms with Crippen molar-refractivity contribution in [3.8, 4) is 0 Å². The topological polar surface area (TPSA) is 161 Å². The van der Waals surface area contributed by atoms with E-state index in [1.54, 1.807) is 7.05 Å². The van der Waals surface area contributed by atoms with Crippen LogP contribution < -0.4 is 10.6 Å². The molecule has 6 N–H and O–H groups in total. The fraction of sp³-hybridized carbons (Fsp3) is 0.895. The molecule has 14 heteroatoms. The van der Waals surface area contributed by atoms with Gasteiger partial charge in [-0.25, -0.2) is 0 Å². The first kappa shape index (κ1) is 44.6. The molecule has 0 bridgehead atoms. The number of unbranched alkanes of at least 4 members (excludes halogenated alkanes) is 3. The van der Waals surface area contributed by atoms with E-state index in [-0.39, 0.29) is 194 Å². The average molecular weight is 1330 g/mol. The maximum atomic E-state index is 12.0. The maximum Gasteiger partial charge on any atom is 0.237 e. The Balaban J connectivity index is -0.00000105. The van der Waals surface area contributed by atoms with Crippen LogP contribution in [0.15, 0.2) is 0 Å². The summed E-state index contributed by atoms with van der Waals surface area (Å²) in [6.07, 6.45) is -0.439. The number of amides is 1. The number of nitrogens with one attached hydrogen (secondary N) is 3. The predicted molar refractivity (Wildman–Crippen MR) is 106 cm³/mol. The van der Waals surface area contributed by atoms with Gasteiger partial charge in [0.05, 0.1) is 18.8 Å². The van der Waals surface area contributed by atoms with Crippen LogP contribution in [0, 0.1) is 176 Å². The minimum Gasteiger partial charge on any atom is -0.668 e. The summed E-state index contributed by atoms with van der Waals surface area (Å²) >= 11 is 0. The van der Waals surface area contributed by atoms with Crippen LogP contribution in [0.2, 0.25) is 0 Å². The summed E-state index contributed by atoms with van der Waals surface area (Å²) in [6, 6.07) is -1.50. The standard InChI is InChI=1S/C19H36N3O7.4Ac/c1-12(24)7-8-13(21-2)18(27)22-9-5-3-4-6-10-28-19-15(20)17(26)16(25)14(11-23)29-19;;;;/h13-17,19-21,23,25-26H,3-11H2,1-2H3,(H,22,27);;;;/q-1;;;;. The molecular weight excluding hydrogens is 1290 g/mol. The Morgan fingerprint density at radius 2 is 1.67 bits per heavy atom. The zero-order valence-corrected chi connectivity index (χ0v) is 38.6. The van der Waals surface area contributed by atoms with Gasteiger partial charge < -0.3 is 46.0 Å². The summed E-state index contributed by atoms with van der Waals surface area (Å²) in [5, 5.41) is 34.5. The van der Waals surface area contributed by atoms with Crippen LogP contribution in [0.4, 0.5) is 0 Å². The first-order chi connectivity index (χ1) is 13.8. The smallest absolute Gasteiger partial charge is 0.237 e. The number of Topliss-reactive ketones (excluding diaryl/α,β-unsaturated/α-hetero) is 1. The number of hydrogen-bond acceptors (Lipinski definition) is 8. The second-order valence-corrected chi connectivity index (χ2v) is 7.39. The van der Waals surface area contributed by atoms with E-state index in [2.05, 4.69) is 10.6 Å². The van der Waals surface area contributed by atoms with E-state index in [0.717, 1.165) is 25.7 Å². The normalized spacial score (nSPS) is 24.7. The zero-order valence-electron chi connectivity index (χ0n) is 19.6.